The molecular weight excluding hydrogens is 208 g/mol. The van der Waals surface area contributed by atoms with E-state index in [1.807, 2.05) is 0 Å². The molecule has 0 atom stereocenters. The van der Waals surface area contributed by atoms with Gasteiger partial charge in [0.1, 0.15) is 0 Å². The topological polar surface area (TPSA) is 6.48 Å². The summed E-state index contributed by atoms with van der Waals surface area (Å²) in [4.78, 5) is 5.14. The van der Waals surface area contributed by atoms with Crippen molar-refractivity contribution >= 4 is 11.6 Å². The third-order valence-corrected chi connectivity index (χ3v) is 4.03. The predicted molar refractivity (Wildman–Crippen MR) is 65.6 cm³/mol. The summed E-state index contributed by atoms with van der Waals surface area (Å²) in [6.45, 7) is 7.38. The molecule has 1 aliphatic heterocycles. The first kappa shape index (κ1) is 11.7. The van der Waals surface area contributed by atoms with Crippen molar-refractivity contribution < 1.29 is 0 Å². The predicted octanol–water partition coefficient (Wildman–Crippen LogP) is 2.03. The second-order valence-corrected chi connectivity index (χ2v) is 5.36. The fourth-order valence-corrected chi connectivity index (χ4v) is 3.11. The zero-order valence-electron chi connectivity index (χ0n) is 9.63. The van der Waals surface area contributed by atoms with Crippen molar-refractivity contribution in [3.63, 3.8) is 0 Å². The van der Waals surface area contributed by atoms with Gasteiger partial charge < -0.3 is 4.90 Å². The van der Waals surface area contributed by atoms with Crippen molar-refractivity contribution in [2.45, 2.75) is 25.7 Å². The first-order chi connectivity index (χ1) is 7.38. The Labute approximate surface area is 98.6 Å². The third-order valence-electron chi connectivity index (χ3n) is 3.86. The molecule has 2 nitrogen and oxygen atoms in total. The molecule has 2 rings (SSSR count). The van der Waals surface area contributed by atoms with Crippen molar-refractivity contribution in [3.8, 4) is 0 Å². The minimum absolute atomic E-state index is 0.780. The first-order valence-electron chi connectivity index (χ1n) is 6.39. The molecule has 2 aliphatic rings. The number of piperazine rings is 1. The SMILES string of the molecule is ClCCN1CCN(CC2CCCC2)CC1. The Bertz CT molecular complexity index is 172. The number of hydrogen-bond donors (Lipinski definition) is 0. The Morgan fingerprint density at radius 1 is 0.933 bits per heavy atom. The van der Waals surface area contributed by atoms with Crippen LogP contribution in [0.15, 0.2) is 0 Å². The fraction of sp³-hybridized carbons (Fsp3) is 1.00. The molecule has 0 aromatic rings. The second kappa shape index (κ2) is 6.07. The van der Waals surface area contributed by atoms with Crippen LogP contribution in [0, 0.1) is 5.92 Å². The third kappa shape index (κ3) is 3.61. The van der Waals surface area contributed by atoms with Gasteiger partial charge in [0.05, 0.1) is 0 Å². The molecule has 0 aromatic carbocycles. The lowest BCUT2D eigenvalue weighted by atomic mass is 10.1. The molecule has 1 heterocycles. The van der Waals surface area contributed by atoms with Gasteiger partial charge in [-0.1, -0.05) is 12.8 Å². The van der Waals surface area contributed by atoms with Gasteiger partial charge in [-0.15, -0.1) is 11.6 Å². The lowest BCUT2D eigenvalue weighted by Gasteiger charge is -2.35. The molecule has 3 heteroatoms. The molecule has 0 amide bonds. The molecule has 1 saturated carbocycles. The molecule has 0 N–H and O–H groups in total. The van der Waals surface area contributed by atoms with Crippen LogP contribution >= 0.6 is 11.6 Å². The van der Waals surface area contributed by atoms with Gasteiger partial charge in [-0.3, -0.25) is 4.90 Å². The Hall–Kier alpha value is 0.210. The summed E-state index contributed by atoms with van der Waals surface area (Å²) in [6.07, 6.45) is 5.89. The first-order valence-corrected chi connectivity index (χ1v) is 6.92. The zero-order valence-corrected chi connectivity index (χ0v) is 10.4. The summed E-state index contributed by atoms with van der Waals surface area (Å²) in [5, 5.41) is 0. The minimum Gasteiger partial charge on any atom is -0.301 e. The minimum atomic E-state index is 0.780. The van der Waals surface area contributed by atoms with E-state index < -0.39 is 0 Å². The highest BCUT2D eigenvalue weighted by atomic mass is 35.5. The number of nitrogens with zero attached hydrogens (tertiary/aromatic N) is 2. The number of rotatable bonds is 4. The highest BCUT2D eigenvalue weighted by Crippen LogP contribution is 2.25. The normalized spacial score (nSPS) is 26.2. The van der Waals surface area contributed by atoms with Crippen molar-refractivity contribution in [1.29, 1.82) is 0 Å². The van der Waals surface area contributed by atoms with Crippen LogP contribution in [0.1, 0.15) is 25.7 Å². The molecule has 0 spiro atoms. The summed E-state index contributed by atoms with van der Waals surface area (Å²) in [6, 6.07) is 0. The molecule has 88 valence electrons. The highest BCUT2D eigenvalue weighted by molar-refractivity contribution is 6.18. The van der Waals surface area contributed by atoms with Crippen LogP contribution in [0.2, 0.25) is 0 Å². The average Bonchev–Trinajstić information content (AvgIpc) is 2.74. The molecule has 0 unspecified atom stereocenters. The van der Waals surface area contributed by atoms with Crippen LogP contribution < -0.4 is 0 Å². The van der Waals surface area contributed by atoms with Crippen LogP contribution in [0.3, 0.4) is 0 Å². The lowest BCUT2D eigenvalue weighted by Crippen LogP contribution is -2.47. The van der Waals surface area contributed by atoms with Crippen LogP contribution in [0.5, 0.6) is 0 Å². The van der Waals surface area contributed by atoms with Gasteiger partial charge in [-0.05, 0) is 18.8 Å². The van der Waals surface area contributed by atoms with Gasteiger partial charge >= 0.3 is 0 Å². The van der Waals surface area contributed by atoms with Gasteiger partial charge in [-0.25, -0.2) is 0 Å². The summed E-state index contributed by atoms with van der Waals surface area (Å²) in [5.41, 5.74) is 0. The molecule has 0 radical (unpaired) electrons. The summed E-state index contributed by atoms with van der Waals surface area (Å²) in [5.74, 6) is 1.78. The van der Waals surface area contributed by atoms with Crippen LogP contribution in [0.4, 0.5) is 0 Å². The molecule has 0 aromatic heterocycles. The van der Waals surface area contributed by atoms with E-state index in [-0.39, 0.29) is 0 Å². The molecule has 0 bridgehead atoms. The van der Waals surface area contributed by atoms with E-state index in [2.05, 4.69) is 9.80 Å². The zero-order chi connectivity index (χ0) is 10.5. The molecule has 15 heavy (non-hydrogen) atoms. The van der Waals surface area contributed by atoms with E-state index in [0.717, 1.165) is 18.3 Å². The van der Waals surface area contributed by atoms with Crippen LogP contribution in [-0.4, -0.2) is 54.9 Å². The molecule has 1 aliphatic carbocycles. The molecule has 2 fully saturated rings. The van der Waals surface area contributed by atoms with Gasteiger partial charge in [0.15, 0.2) is 0 Å². The van der Waals surface area contributed by atoms with Crippen LogP contribution in [-0.2, 0) is 0 Å². The maximum atomic E-state index is 5.75. The van der Waals surface area contributed by atoms with Crippen molar-refractivity contribution in [1.82, 2.24) is 9.80 Å². The number of alkyl halides is 1. The summed E-state index contributed by atoms with van der Waals surface area (Å²) >= 11 is 5.75. The number of hydrogen-bond acceptors (Lipinski definition) is 2. The van der Waals surface area contributed by atoms with E-state index in [1.54, 1.807) is 0 Å². The molecule has 1 saturated heterocycles. The standard InChI is InChI=1S/C12H23ClN2/c13-5-6-14-7-9-15(10-8-14)11-12-3-1-2-4-12/h12H,1-11H2. The van der Waals surface area contributed by atoms with E-state index in [9.17, 15) is 0 Å². The van der Waals surface area contributed by atoms with Gasteiger partial charge in [-0.2, -0.15) is 0 Å². The Morgan fingerprint density at radius 2 is 1.53 bits per heavy atom. The second-order valence-electron chi connectivity index (χ2n) is 4.98. The summed E-state index contributed by atoms with van der Waals surface area (Å²) < 4.78 is 0. The van der Waals surface area contributed by atoms with E-state index in [0.29, 0.717) is 0 Å². The average molecular weight is 231 g/mol. The highest BCUT2D eigenvalue weighted by Gasteiger charge is 2.21. The monoisotopic (exact) mass is 230 g/mol. The van der Waals surface area contributed by atoms with Crippen LogP contribution in [0.25, 0.3) is 0 Å². The largest absolute Gasteiger partial charge is 0.301 e. The van der Waals surface area contributed by atoms with E-state index >= 15 is 0 Å². The maximum Gasteiger partial charge on any atom is 0.0351 e. The van der Waals surface area contributed by atoms with E-state index in [1.165, 1.54) is 58.4 Å². The quantitative estimate of drug-likeness (QED) is 0.682. The van der Waals surface area contributed by atoms with E-state index in [4.69, 9.17) is 11.6 Å². The fourth-order valence-electron chi connectivity index (χ4n) is 2.87. The Kier molecular flexibility index (Phi) is 4.73. The van der Waals surface area contributed by atoms with Crippen molar-refractivity contribution in [2.75, 3.05) is 45.1 Å². The van der Waals surface area contributed by atoms with Gasteiger partial charge in [0.25, 0.3) is 0 Å². The lowest BCUT2D eigenvalue weighted by molar-refractivity contribution is 0.123. The molecular formula is C12H23ClN2. The summed E-state index contributed by atoms with van der Waals surface area (Å²) in [7, 11) is 0. The van der Waals surface area contributed by atoms with Gasteiger partial charge in [0.2, 0.25) is 0 Å². The van der Waals surface area contributed by atoms with Gasteiger partial charge in [0, 0.05) is 45.1 Å². The van der Waals surface area contributed by atoms with Crippen molar-refractivity contribution in [2.24, 2.45) is 5.92 Å². The maximum absolute atomic E-state index is 5.75. The Balaban J connectivity index is 1.64. The van der Waals surface area contributed by atoms with Crippen molar-refractivity contribution in [3.05, 3.63) is 0 Å². The smallest absolute Gasteiger partial charge is 0.0351 e. The Morgan fingerprint density at radius 3 is 2.13 bits per heavy atom. The number of halogens is 1.